The number of aryl methyl sites for hydroxylation is 1. The van der Waals surface area contributed by atoms with E-state index in [9.17, 15) is 0 Å². The average Bonchev–Trinajstić information content (AvgIpc) is 3.17. The van der Waals surface area contributed by atoms with Crippen molar-refractivity contribution in [2.75, 3.05) is 5.32 Å². The Morgan fingerprint density at radius 2 is 2.09 bits per heavy atom. The highest BCUT2D eigenvalue weighted by Gasteiger charge is 2.14. The summed E-state index contributed by atoms with van der Waals surface area (Å²) in [5.74, 6) is 1.32. The van der Waals surface area contributed by atoms with Crippen molar-refractivity contribution in [1.29, 1.82) is 0 Å². The highest BCUT2D eigenvalue weighted by atomic mass is 16.5. The molecule has 0 bridgehead atoms. The standard InChI is InChI=1S/C16H19N5O/c1-3-15-19-16(22-20-15)12(2)18-14-9-17-21(11-14)10-13-7-5-4-6-8-13/h4-9,11-12,18H,3,10H2,1-2H3/t12-/m0/s1. The highest BCUT2D eigenvalue weighted by molar-refractivity contribution is 5.40. The summed E-state index contributed by atoms with van der Waals surface area (Å²) in [6.07, 6.45) is 4.54. The summed E-state index contributed by atoms with van der Waals surface area (Å²) in [6.45, 7) is 4.74. The lowest BCUT2D eigenvalue weighted by Crippen LogP contribution is -2.06. The Kier molecular flexibility index (Phi) is 4.18. The number of benzene rings is 1. The number of anilines is 1. The molecule has 1 atom stereocenters. The van der Waals surface area contributed by atoms with Gasteiger partial charge in [0.1, 0.15) is 6.04 Å². The normalized spacial score (nSPS) is 12.3. The molecule has 2 aromatic heterocycles. The molecule has 0 radical (unpaired) electrons. The van der Waals surface area contributed by atoms with Crippen LogP contribution in [0.25, 0.3) is 0 Å². The Balaban J connectivity index is 1.63. The van der Waals surface area contributed by atoms with E-state index in [1.54, 1.807) is 6.20 Å². The first-order valence-electron chi connectivity index (χ1n) is 7.40. The van der Waals surface area contributed by atoms with Gasteiger partial charge in [-0.2, -0.15) is 10.1 Å². The van der Waals surface area contributed by atoms with Gasteiger partial charge in [-0.3, -0.25) is 4.68 Å². The molecule has 6 nitrogen and oxygen atoms in total. The molecule has 6 heteroatoms. The second-order valence-corrected chi connectivity index (χ2v) is 5.18. The van der Waals surface area contributed by atoms with E-state index in [1.807, 2.05) is 42.9 Å². The number of nitrogens with one attached hydrogen (secondary N) is 1. The van der Waals surface area contributed by atoms with Gasteiger partial charge in [0.25, 0.3) is 0 Å². The van der Waals surface area contributed by atoms with Gasteiger partial charge in [0.2, 0.25) is 5.89 Å². The molecule has 0 spiro atoms. The van der Waals surface area contributed by atoms with E-state index in [4.69, 9.17) is 4.52 Å². The first kappa shape index (κ1) is 14.3. The van der Waals surface area contributed by atoms with Gasteiger partial charge in [-0.15, -0.1) is 0 Å². The summed E-state index contributed by atoms with van der Waals surface area (Å²) in [5.41, 5.74) is 2.15. The van der Waals surface area contributed by atoms with Crippen LogP contribution in [0.4, 0.5) is 5.69 Å². The Bertz CT molecular complexity index is 719. The second kappa shape index (κ2) is 6.43. The third-order valence-electron chi connectivity index (χ3n) is 3.37. The number of aromatic nitrogens is 4. The van der Waals surface area contributed by atoms with Crippen LogP contribution < -0.4 is 5.32 Å². The predicted molar refractivity (Wildman–Crippen MR) is 83.5 cm³/mol. The van der Waals surface area contributed by atoms with E-state index in [0.29, 0.717) is 5.89 Å². The molecule has 22 heavy (non-hydrogen) atoms. The smallest absolute Gasteiger partial charge is 0.248 e. The third kappa shape index (κ3) is 3.33. The minimum absolute atomic E-state index is 0.0535. The van der Waals surface area contributed by atoms with Crippen LogP contribution in [0.2, 0.25) is 0 Å². The second-order valence-electron chi connectivity index (χ2n) is 5.18. The molecule has 0 aliphatic heterocycles. The van der Waals surface area contributed by atoms with Gasteiger partial charge in [0.05, 0.1) is 18.4 Å². The summed E-state index contributed by atoms with van der Waals surface area (Å²) in [4.78, 5) is 4.33. The monoisotopic (exact) mass is 297 g/mol. The summed E-state index contributed by atoms with van der Waals surface area (Å²) >= 11 is 0. The molecular formula is C16H19N5O. The van der Waals surface area contributed by atoms with Gasteiger partial charge in [-0.25, -0.2) is 0 Å². The number of rotatable bonds is 6. The van der Waals surface area contributed by atoms with Crippen molar-refractivity contribution in [2.24, 2.45) is 0 Å². The predicted octanol–water partition coefficient (Wildman–Crippen LogP) is 3.05. The molecule has 0 amide bonds. The molecule has 3 aromatic rings. The molecule has 3 rings (SSSR count). The quantitative estimate of drug-likeness (QED) is 0.757. The lowest BCUT2D eigenvalue weighted by Gasteiger charge is -2.08. The van der Waals surface area contributed by atoms with Gasteiger partial charge in [0, 0.05) is 12.6 Å². The summed E-state index contributed by atoms with van der Waals surface area (Å²) < 4.78 is 7.14. The van der Waals surface area contributed by atoms with Gasteiger partial charge in [-0.05, 0) is 12.5 Å². The van der Waals surface area contributed by atoms with Crippen LogP contribution in [0, 0.1) is 0 Å². The topological polar surface area (TPSA) is 68.8 Å². The Morgan fingerprint density at radius 3 is 2.82 bits per heavy atom. The van der Waals surface area contributed by atoms with Crippen LogP contribution in [0.5, 0.6) is 0 Å². The van der Waals surface area contributed by atoms with Crippen molar-refractivity contribution in [2.45, 2.75) is 32.9 Å². The van der Waals surface area contributed by atoms with Crippen LogP contribution in [-0.2, 0) is 13.0 Å². The van der Waals surface area contributed by atoms with Gasteiger partial charge >= 0.3 is 0 Å². The number of nitrogens with zero attached hydrogens (tertiary/aromatic N) is 4. The minimum atomic E-state index is -0.0535. The fraction of sp³-hybridized carbons (Fsp3) is 0.312. The maximum Gasteiger partial charge on any atom is 0.248 e. The van der Waals surface area contributed by atoms with Crippen molar-refractivity contribution in [3.63, 3.8) is 0 Å². The van der Waals surface area contributed by atoms with Crippen molar-refractivity contribution in [3.8, 4) is 0 Å². The molecule has 0 saturated heterocycles. The molecule has 0 saturated carbocycles. The molecular weight excluding hydrogens is 278 g/mol. The van der Waals surface area contributed by atoms with E-state index in [-0.39, 0.29) is 6.04 Å². The maximum atomic E-state index is 5.24. The number of hydrogen-bond donors (Lipinski definition) is 1. The molecule has 114 valence electrons. The largest absolute Gasteiger partial charge is 0.371 e. The maximum absolute atomic E-state index is 5.24. The van der Waals surface area contributed by atoms with Crippen LogP contribution in [0.1, 0.15) is 37.2 Å². The zero-order valence-corrected chi connectivity index (χ0v) is 12.7. The number of hydrogen-bond acceptors (Lipinski definition) is 5. The Labute approximate surface area is 129 Å². The lowest BCUT2D eigenvalue weighted by molar-refractivity contribution is 0.363. The zero-order chi connectivity index (χ0) is 15.4. The van der Waals surface area contributed by atoms with Crippen LogP contribution in [0.3, 0.4) is 0 Å². The summed E-state index contributed by atoms with van der Waals surface area (Å²) in [7, 11) is 0. The average molecular weight is 297 g/mol. The first-order chi connectivity index (χ1) is 10.7. The molecule has 0 fully saturated rings. The van der Waals surface area contributed by atoms with Crippen molar-refractivity contribution >= 4 is 5.69 Å². The van der Waals surface area contributed by atoms with Crippen LogP contribution in [0.15, 0.2) is 47.2 Å². The van der Waals surface area contributed by atoms with Crippen molar-refractivity contribution < 1.29 is 4.52 Å². The Morgan fingerprint density at radius 1 is 1.27 bits per heavy atom. The van der Waals surface area contributed by atoms with E-state index in [2.05, 4.69) is 32.7 Å². The summed E-state index contributed by atoms with van der Waals surface area (Å²) in [6, 6.07) is 10.2. The van der Waals surface area contributed by atoms with E-state index in [1.165, 1.54) is 5.56 Å². The molecule has 0 aliphatic rings. The fourth-order valence-corrected chi connectivity index (χ4v) is 2.19. The van der Waals surface area contributed by atoms with E-state index < -0.39 is 0 Å². The molecule has 1 aromatic carbocycles. The summed E-state index contributed by atoms with van der Waals surface area (Å²) in [5, 5.41) is 11.6. The van der Waals surface area contributed by atoms with Gasteiger partial charge in [-0.1, -0.05) is 42.4 Å². The fourth-order valence-electron chi connectivity index (χ4n) is 2.19. The lowest BCUT2D eigenvalue weighted by atomic mass is 10.2. The molecule has 0 aliphatic carbocycles. The first-order valence-corrected chi connectivity index (χ1v) is 7.40. The minimum Gasteiger partial charge on any atom is -0.371 e. The Hall–Kier alpha value is -2.63. The van der Waals surface area contributed by atoms with Crippen molar-refractivity contribution in [3.05, 3.63) is 60.0 Å². The SMILES string of the molecule is CCc1noc([C@H](C)Nc2cnn(Cc3ccccc3)c2)n1. The molecule has 1 N–H and O–H groups in total. The van der Waals surface area contributed by atoms with Crippen LogP contribution >= 0.6 is 0 Å². The van der Waals surface area contributed by atoms with E-state index in [0.717, 1.165) is 24.5 Å². The molecule has 2 heterocycles. The van der Waals surface area contributed by atoms with Gasteiger partial charge in [0.15, 0.2) is 5.82 Å². The van der Waals surface area contributed by atoms with Crippen LogP contribution in [-0.4, -0.2) is 19.9 Å². The zero-order valence-electron chi connectivity index (χ0n) is 12.7. The molecule has 0 unspecified atom stereocenters. The van der Waals surface area contributed by atoms with E-state index >= 15 is 0 Å². The highest BCUT2D eigenvalue weighted by Crippen LogP contribution is 2.17. The van der Waals surface area contributed by atoms with Crippen molar-refractivity contribution in [1.82, 2.24) is 19.9 Å². The third-order valence-corrected chi connectivity index (χ3v) is 3.37. The van der Waals surface area contributed by atoms with Gasteiger partial charge < -0.3 is 9.84 Å².